The molecule has 2 rings (SSSR count). The maximum Gasteiger partial charge on any atom is 0.138 e. The number of hydrogen-bond donors (Lipinski definition) is 2. The van der Waals surface area contributed by atoms with Crippen LogP contribution in [-0.2, 0) is 13.1 Å². The van der Waals surface area contributed by atoms with Crippen LogP contribution < -0.4 is 10.1 Å². The first-order valence-electron chi connectivity index (χ1n) is 6.22. The smallest absolute Gasteiger partial charge is 0.138 e. The van der Waals surface area contributed by atoms with Crippen LogP contribution in [0, 0.1) is 0 Å². The van der Waals surface area contributed by atoms with Gasteiger partial charge < -0.3 is 15.2 Å². The Hall–Kier alpha value is -1.13. The normalized spacial score (nSPS) is 10.7. The number of aromatic hydroxyl groups is 1. The fraction of sp³-hybridized carbons (Fsp3) is 0.200. The van der Waals surface area contributed by atoms with Crippen molar-refractivity contribution in [2.24, 2.45) is 0 Å². The molecule has 0 fully saturated rings. The molecule has 3 nitrogen and oxygen atoms in total. The van der Waals surface area contributed by atoms with Gasteiger partial charge in [0.05, 0.1) is 12.1 Å². The van der Waals surface area contributed by atoms with Crippen LogP contribution in [0.5, 0.6) is 11.5 Å². The lowest BCUT2D eigenvalue weighted by Crippen LogP contribution is -2.14. The third-order valence-corrected chi connectivity index (χ3v) is 3.88. The van der Waals surface area contributed by atoms with Crippen LogP contribution in [0.3, 0.4) is 0 Å². The molecule has 0 heterocycles. The lowest BCUT2D eigenvalue weighted by Gasteiger charge is -2.12. The van der Waals surface area contributed by atoms with Crippen molar-refractivity contribution in [1.29, 1.82) is 0 Å². The molecule has 0 aliphatic rings. The van der Waals surface area contributed by atoms with Crippen molar-refractivity contribution in [2.45, 2.75) is 13.1 Å². The van der Waals surface area contributed by atoms with Gasteiger partial charge in [-0.3, -0.25) is 0 Å². The van der Waals surface area contributed by atoms with Gasteiger partial charge in [-0.25, -0.2) is 0 Å². The van der Waals surface area contributed by atoms with Gasteiger partial charge in [-0.15, -0.1) is 0 Å². The minimum absolute atomic E-state index is 0.0275. The molecule has 6 heteroatoms. The predicted octanol–water partition coefficient (Wildman–Crippen LogP) is 4.65. The lowest BCUT2D eigenvalue weighted by atomic mass is 10.1. The standard InChI is InChI=1S/C15H14Cl3NO2/c1-21-14-4-2-3-12(17)11(14)8-19-7-9-5-10(16)6-13(18)15(9)20/h2-6,19-20H,7-8H2,1H3. The third-order valence-electron chi connectivity index (χ3n) is 3.02. The van der Waals surface area contributed by atoms with Crippen LogP contribution in [0.4, 0.5) is 0 Å². The number of halogens is 3. The number of methoxy groups -OCH3 is 1. The molecule has 2 aromatic rings. The highest BCUT2D eigenvalue weighted by Crippen LogP contribution is 2.31. The van der Waals surface area contributed by atoms with Crippen molar-refractivity contribution in [3.05, 3.63) is 56.5 Å². The maximum atomic E-state index is 9.89. The van der Waals surface area contributed by atoms with E-state index in [-0.39, 0.29) is 10.8 Å². The number of phenols is 1. The highest BCUT2D eigenvalue weighted by atomic mass is 35.5. The highest BCUT2D eigenvalue weighted by molar-refractivity contribution is 6.35. The molecule has 0 saturated carbocycles. The number of phenolic OH excluding ortho intramolecular Hbond substituents is 1. The molecular formula is C15H14Cl3NO2. The molecule has 2 N–H and O–H groups in total. The molecular weight excluding hydrogens is 333 g/mol. The Balaban J connectivity index is 2.09. The molecule has 0 atom stereocenters. The van der Waals surface area contributed by atoms with Crippen molar-refractivity contribution in [1.82, 2.24) is 5.32 Å². The monoisotopic (exact) mass is 345 g/mol. The van der Waals surface area contributed by atoms with Crippen LogP contribution in [0.1, 0.15) is 11.1 Å². The van der Waals surface area contributed by atoms with E-state index in [9.17, 15) is 5.11 Å². The second kappa shape index (κ2) is 7.23. The molecule has 2 aromatic carbocycles. The average Bonchev–Trinajstić information content (AvgIpc) is 2.45. The van der Waals surface area contributed by atoms with Gasteiger partial charge in [0.1, 0.15) is 11.5 Å². The van der Waals surface area contributed by atoms with Crippen molar-refractivity contribution in [3.63, 3.8) is 0 Å². The molecule has 0 saturated heterocycles. The van der Waals surface area contributed by atoms with Gasteiger partial charge in [0.25, 0.3) is 0 Å². The predicted molar refractivity (Wildman–Crippen MR) is 86.7 cm³/mol. The van der Waals surface area contributed by atoms with Gasteiger partial charge in [-0.2, -0.15) is 0 Å². The molecule has 21 heavy (non-hydrogen) atoms. The molecule has 112 valence electrons. The van der Waals surface area contributed by atoms with Gasteiger partial charge in [0.15, 0.2) is 0 Å². The molecule has 0 amide bonds. The maximum absolute atomic E-state index is 9.89. The van der Waals surface area contributed by atoms with Crippen LogP contribution in [0.15, 0.2) is 30.3 Å². The fourth-order valence-electron chi connectivity index (χ4n) is 1.98. The lowest BCUT2D eigenvalue weighted by molar-refractivity contribution is 0.407. The summed E-state index contributed by atoms with van der Waals surface area (Å²) in [6.07, 6.45) is 0. The van der Waals surface area contributed by atoms with Gasteiger partial charge in [-0.1, -0.05) is 40.9 Å². The Kier molecular flexibility index (Phi) is 5.59. The fourth-order valence-corrected chi connectivity index (χ4v) is 2.75. The number of ether oxygens (including phenoxy) is 1. The Morgan fingerprint density at radius 2 is 1.86 bits per heavy atom. The van der Waals surface area contributed by atoms with E-state index in [1.807, 2.05) is 12.1 Å². The summed E-state index contributed by atoms with van der Waals surface area (Å²) in [6.45, 7) is 0.896. The van der Waals surface area contributed by atoms with Gasteiger partial charge >= 0.3 is 0 Å². The summed E-state index contributed by atoms with van der Waals surface area (Å²) >= 11 is 18.0. The highest BCUT2D eigenvalue weighted by Gasteiger charge is 2.10. The minimum atomic E-state index is 0.0275. The average molecular weight is 347 g/mol. The first-order valence-corrected chi connectivity index (χ1v) is 7.35. The zero-order valence-corrected chi connectivity index (χ0v) is 13.6. The van der Waals surface area contributed by atoms with Crippen LogP contribution >= 0.6 is 34.8 Å². The molecule has 0 spiro atoms. The van der Waals surface area contributed by atoms with Crippen molar-refractivity contribution < 1.29 is 9.84 Å². The first kappa shape index (κ1) is 16.2. The number of hydrogen-bond acceptors (Lipinski definition) is 3. The zero-order chi connectivity index (χ0) is 15.4. The van der Waals surface area contributed by atoms with Crippen LogP contribution in [0.25, 0.3) is 0 Å². The van der Waals surface area contributed by atoms with Gasteiger partial charge in [0, 0.05) is 34.3 Å². The van der Waals surface area contributed by atoms with E-state index >= 15 is 0 Å². The van der Waals surface area contributed by atoms with E-state index in [1.165, 1.54) is 6.07 Å². The van der Waals surface area contributed by atoms with Gasteiger partial charge in [0.2, 0.25) is 0 Å². The Bertz CT molecular complexity index is 647. The summed E-state index contributed by atoms with van der Waals surface area (Å²) in [6, 6.07) is 8.64. The van der Waals surface area contributed by atoms with Crippen molar-refractivity contribution in [3.8, 4) is 11.5 Å². The Morgan fingerprint density at radius 3 is 2.57 bits per heavy atom. The number of rotatable bonds is 5. The summed E-state index contributed by atoms with van der Waals surface area (Å²) < 4.78 is 5.27. The van der Waals surface area contributed by atoms with Crippen molar-refractivity contribution >= 4 is 34.8 Å². The summed E-state index contributed by atoms with van der Waals surface area (Å²) in [4.78, 5) is 0. The molecule has 0 aliphatic heterocycles. The van der Waals surface area contributed by atoms with Gasteiger partial charge in [-0.05, 0) is 24.3 Å². The van der Waals surface area contributed by atoms with E-state index in [0.29, 0.717) is 34.4 Å². The number of benzene rings is 2. The van der Waals surface area contributed by atoms with Crippen LogP contribution in [-0.4, -0.2) is 12.2 Å². The summed E-state index contributed by atoms with van der Waals surface area (Å²) in [5.74, 6) is 0.739. The zero-order valence-electron chi connectivity index (χ0n) is 11.3. The second-order valence-electron chi connectivity index (χ2n) is 4.42. The van der Waals surface area contributed by atoms with E-state index in [4.69, 9.17) is 39.5 Å². The molecule has 0 radical (unpaired) electrons. The molecule has 0 unspecified atom stereocenters. The van der Waals surface area contributed by atoms with Crippen LogP contribution in [0.2, 0.25) is 15.1 Å². The van der Waals surface area contributed by atoms with E-state index in [0.717, 1.165) is 5.56 Å². The van der Waals surface area contributed by atoms with Crippen molar-refractivity contribution in [2.75, 3.05) is 7.11 Å². The Morgan fingerprint density at radius 1 is 1.10 bits per heavy atom. The largest absolute Gasteiger partial charge is 0.506 e. The third kappa shape index (κ3) is 3.95. The number of nitrogens with one attached hydrogen (secondary N) is 1. The SMILES string of the molecule is COc1cccc(Cl)c1CNCc1cc(Cl)cc(Cl)c1O. The summed E-state index contributed by atoms with van der Waals surface area (Å²) in [7, 11) is 1.59. The van der Waals surface area contributed by atoms with E-state index in [2.05, 4.69) is 5.32 Å². The summed E-state index contributed by atoms with van der Waals surface area (Å²) in [5.41, 5.74) is 1.48. The summed E-state index contributed by atoms with van der Waals surface area (Å²) in [5, 5.41) is 14.4. The quantitative estimate of drug-likeness (QED) is 0.828. The topological polar surface area (TPSA) is 41.5 Å². The minimum Gasteiger partial charge on any atom is -0.506 e. The molecule has 0 aliphatic carbocycles. The molecule has 0 aromatic heterocycles. The van der Waals surface area contributed by atoms with E-state index < -0.39 is 0 Å². The Labute approximate surface area is 138 Å². The molecule has 0 bridgehead atoms. The second-order valence-corrected chi connectivity index (χ2v) is 5.67. The first-order chi connectivity index (χ1) is 10.0. The van der Waals surface area contributed by atoms with E-state index in [1.54, 1.807) is 19.2 Å².